The summed E-state index contributed by atoms with van der Waals surface area (Å²) < 4.78 is 5.56. The number of rotatable bonds is 5. The number of hydrogen-bond donors (Lipinski definition) is 1. The first-order valence-corrected chi connectivity index (χ1v) is 9.05. The average Bonchev–Trinajstić information content (AvgIpc) is 2.61. The third kappa shape index (κ3) is 4.76. The molecule has 5 nitrogen and oxygen atoms in total. The van der Waals surface area contributed by atoms with Crippen molar-refractivity contribution in [1.29, 1.82) is 0 Å². The van der Waals surface area contributed by atoms with E-state index in [4.69, 9.17) is 4.74 Å². The van der Waals surface area contributed by atoms with Crippen molar-refractivity contribution in [3.05, 3.63) is 53.6 Å². The van der Waals surface area contributed by atoms with Gasteiger partial charge in [-0.3, -0.25) is 4.79 Å². The van der Waals surface area contributed by atoms with E-state index in [1.54, 1.807) is 0 Å². The fourth-order valence-electron chi connectivity index (χ4n) is 3.19. The van der Waals surface area contributed by atoms with Gasteiger partial charge in [0.2, 0.25) is 0 Å². The van der Waals surface area contributed by atoms with Crippen molar-refractivity contribution < 1.29 is 9.53 Å². The van der Waals surface area contributed by atoms with Crippen molar-refractivity contribution in [3.63, 3.8) is 0 Å². The summed E-state index contributed by atoms with van der Waals surface area (Å²) in [5.74, 6) is 0.556. The molecule has 1 N–H and O–H groups in total. The molecule has 0 spiro atoms. The van der Waals surface area contributed by atoms with Gasteiger partial charge >= 0.3 is 0 Å². The number of ether oxygens (including phenoxy) is 1. The lowest BCUT2D eigenvalue weighted by atomic mass is 10.1. The fourth-order valence-corrected chi connectivity index (χ4v) is 3.19. The van der Waals surface area contributed by atoms with Gasteiger partial charge in [0.1, 0.15) is 5.75 Å². The summed E-state index contributed by atoms with van der Waals surface area (Å²) in [4.78, 5) is 16.9. The zero-order chi connectivity index (χ0) is 18.5. The summed E-state index contributed by atoms with van der Waals surface area (Å²) in [6.45, 7) is 8.32. The van der Waals surface area contributed by atoms with Crippen LogP contribution in [0, 0.1) is 13.8 Å². The SMILES string of the molecule is Cc1cccc(OCC(=O)Nc2ccc(N3CCN(C)CC3)c(C)c2)c1. The molecule has 1 aliphatic rings. The number of carbonyl (C=O) groups excluding carboxylic acids is 1. The Bertz CT molecular complexity index is 768. The van der Waals surface area contributed by atoms with Crippen molar-refractivity contribution in [1.82, 2.24) is 4.90 Å². The van der Waals surface area contributed by atoms with Crippen LogP contribution in [0.1, 0.15) is 11.1 Å². The van der Waals surface area contributed by atoms with Crippen molar-refractivity contribution >= 4 is 17.3 Å². The fraction of sp³-hybridized carbons (Fsp3) is 0.381. The normalized spacial score (nSPS) is 15.0. The Hall–Kier alpha value is -2.53. The second-order valence-electron chi connectivity index (χ2n) is 6.94. The summed E-state index contributed by atoms with van der Waals surface area (Å²) in [5, 5.41) is 2.91. The first kappa shape index (κ1) is 18.3. The number of hydrogen-bond acceptors (Lipinski definition) is 4. The van der Waals surface area contributed by atoms with Crippen molar-refractivity contribution in [3.8, 4) is 5.75 Å². The van der Waals surface area contributed by atoms with Crippen LogP contribution in [-0.4, -0.2) is 50.6 Å². The van der Waals surface area contributed by atoms with Crippen molar-refractivity contribution in [2.75, 3.05) is 50.1 Å². The Morgan fingerprint density at radius 3 is 2.54 bits per heavy atom. The van der Waals surface area contributed by atoms with Gasteiger partial charge in [-0.2, -0.15) is 0 Å². The Morgan fingerprint density at radius 1 is 1.08 bits per heavy atom. The second kappa shape index (κ2) is 8.23. The van der Waals surface area contributed by atoms with Crippen molar-refractivity contribution in [2.45, 2.75) is 13.8 Å². The molecule has 1 amide bonds. The molecule has 1 aliphatic heterocycles. The first-order valence-electron chi connectivity index (χ1n) is 9.05. The van der Waals surface area contributed by atoms with Crippen LogP contribution in [0.3, 0.4) is 0 Å². The van der Waals surface area contributed by atoms with Crippen LogP contribution >= 0.6 is 0 Å². The third-order valence-electron chi connectivity index (χ3n) is 4.68. The van der Waals surface area contributed by atoms with E-state index in [1.807, 2.05) is 43.3 Å². The number of piperazine rings is 1. The van der Waals surface area contributed by atoms with E-state index in [2.05, 4.69) is 35.2 Å². The molecular formula is C21H27N3O2. The monoisotopic (exact) mass is 353 g/mol. The zero-order valence-corrected chi connectivity index (χ0v) is 15.8. The lowest BCUT2D eigenvalue weighted by Crippen LogP contribution is -2.44. The molecule has 0 atom stereocenters. The maximum atomic E-state index is 12.2. The number of nitrogens with one attached hydrogen (secondary N) is 1. The smallest absolute Gasteiger partial charge is 0.262 e. The average molecular weight is 353 g/mol. The van der Waals surface area contributed by atoms with Gasteiger partial charge in [0, 0.05) is 37.6 Å². The number of benzene rings is 2. The quantitative estimate of drug-likeness (QED) is 0.897. The number of likely N-dealkylation sites (N-methyl/N-ethyl adjacent to an activating group) is 1. The molecule has 2 aromatic carbocycles. The highest BCUT2D eigenvalue weighted by Crippen LogP contribution is 2.24. The van der Waals surface area contributed by atoms with Gasteiger partial charge < -0.3 is 19.9 Å². The minimum absolute atomic E-state index is 0.00269. The van der Waals surface area contributed by atoms with E-state index < -0.39 is 0 Å². The van der Waals surface area contributed by atoms with Crippen LogP contribution in [0.25, 0.3) is 0 Å². The molecule has 0 aliphatic carbocycles. The topological polar surface area (TPSA) is 44.8 Å². The number of nitrogens with zero attached hydrogens (tertiary/aromatic N) is 2. The molecule has 0 saturated carbocycles. The second-order valence-corrected chi connectivity index (χ2v) is 6.94. The molecule has 138 valence electrons. The van der Waals surface area contributed by atoms with Gasteiger partial charge in [0.25, 0.3) is 5.91 Å². The zero-order valence-electron chi connectivity index (χ0n) is 15.8. The summed E-state index contributed by atoms with van der Waals surface area (Å²) in [6.07, 6.45) is 0. The van der Waals surface area contributed by atoms with Crippen LogP contribution in [0.2, 0.25) is 0 Å². The highest BCUT2D eigenvalue weighted by atomic mass is 16.5. The summed E-state index contributed by atoms with van der Waals surface area (Å²) in [5.41, 5.74) is 4.33. The summed E-state index contributed by atoms with van der Waals surface area (Å²) in [6, 6.07) is 13.8. The number of aryl methyl sites for hydroxylation is 2. The van der Waals surface area contributed by atoms with Crippen LogP contribution in [0.15, 0.2) is 42.5 Å². The maximum absolute atomic E-state index is 12.2. The van der Waals surface area contributed by atoms with Crippen LogP contribution in [0.4, 0.5) is 11.4 Å². The largest absolute Gasteiger partial charge is 0.484 e. The molecule has 26 heavy (non-hydrogen) atoms. The molecular weight excluding hydrogens is 326 g/mol. The lowest BCUT2D eigenvalue weighted by Gasteiger charge is -2.35. The number of amides is 1. The molecule has 1 saturated heterocycles. The Kier molecular flexibility index (Phi) is 5.78. The van der Waals surface area contributed by atoms with E-state index >= 15 is 0 Å². The molecule has 0 aromatic heterocycles. The predicted octanol–water partition coefficient (Wildman–Crippen LogP) is 3.07. The van der Waals surface area contributed by atoms with E-state index in [0.29, 0.717) is 5.75 Å². The van der Waals surface area contributed by atoms with Crippen molar-refractivity contribution in [2.24, 2.45) is 0 Å². The molecule has 0 unspecified atom stereocenters. The highest BCUT2D eigenvalue weighted by Gasteiger charge is 2.16. The van der Waals surface area contributed by atoms with E-state index in [-0.39, 0.29) is 12.5 Å². The van der Waals surface area contributed by atoms with Crippen LogP contribution in [-0.2, 0) is 4.79 Å². The lowest BCUT2D eigenvalue weighted by molar-refractivity contribution is -0.118. The van der Waals surface area contributed by atoms with Gasteiger partial charge in [-0.15, -0.1) is 0 Å². The van der Waals surface area contributed by atoms with Crippen LogP contribution < -0.4 is 15.0 Å². The minimum Gasteiger partial charge on any atom is -0.484 e. The first-order chi connectivity index (χ1) is 12.5. The van der Waals surface area contributed by atoms with E-state index in [9.17, 15) is 4.79 Å². The molecule has 1 fully saturated rings. The molecule has 0 bridgehead atoms. The van der Waals surface area contributed by atoms with Gasteiger partial charge in [0.05, 0.1) is 0 Å². The minimum atomic E-state index is -0.154. The summed E-state index contributed by atoms with van der Waals surface area (Å²) >= 11 is 0. The van der Waals surface area contributed by atoms with Gasteiger partial charge in [0.15, 0.2) is 6.61 Å². The predicted molar refractivity (Wildman–Crippen MR) is 106 cm³/mol. The standard InChI is InChI=1S/C21H27N3O2/c1-16-5-4-6-19(13-16)26-15-21(25)22-18-7-8-20(17(2)14-18)24-11-9-23(3)10-12-24/h4-8,13-14H,9-12,15H2,1-3H3,(H,22,25). The Balaban J connectivity index is 1.56. The third-order valence-corrected chi connectivity index (χ3v) is 4.68. The molecule has 2 aromatic rings. The summed E-state index contributed by atoms with van der Waals surface area (Å²) in [7, 11) is 2.15. The number of carbonyl (C=O) groups is 1. The Labute approximate surface area is 155 Å². The molecule has 1 heterocycles. The molecule has 3 rings (SSSR count). The highest BCUT2D eigenvalue weighted by molar-refractivity contribution is 5.92. The van der Waals surface area contributed by atoms with Crippen LogP contribution in [0.5, 0.6) is 5.75 Å². The van der Waals surface area contributed by atoms with Gasteiger partial charge in [-0.1, -0.05) is 12.1 Å². The number of anilines is 2. The maximum Gasteiger partial charge on any atom is 0.262 e. The van der Waals surface area contributed by atoms with Gasteiger partial charge in [-0.05, 0) is 62.4 Å². The van der Waals surface area contributed by atoms with E-state index in [1.165, 1.54) is 11.3 Å². The van der Waals surface area contributed by atoms with E-state index in [0.717, 1.165) is 37.4 Å². The van der Waals surface area contributed by atoms with Gasteiger partial charge in [-0.25, -0.2) is 0 Å². The Morgan fingerprint density at radius 2 is 1.85 bits per heavy atom. The molecule has 0 radical (unpaired) electrons. The molecule has 5 heteroatoms.